The minimum absolute atomic E-state index is 0.00909. The van der Waals surface area contributed by atoms with Gasteiger partial charge in [-0.1, -0.05) is 12.2 Å². The molecule has 0 radical (unpaired) electrons. The maximum absolute atomic E-state index is 12.2. The van der Waals surface area contributed by atoms with E-state index in [2.05, 4.69) is 15.3 Å². The number of aromatic nitrogens is 2. The second-order valence-electron chi connectivity index (χ2n) is 4.90. The molecule has 19 heavy (non-hydrogen) atoms. The highest BCUT2D eigenvalue weighted by Crippen LogP contribution is 2.48. The summed E-state index contributed by atoms with van der Waals surface area (Å²) in [4.78, 5) is 31.4. The number of amides is 1. The Morgan fingerprint density at radius 3 is 2.42 bits per heavy atom. The SMILES string of the molecule is O=C(O)C1C2C=CC(C2)C1C(=O)Nc1ncccn1. The molecule has 1 saturated carbocycles. The topological polar surface area (TPSA) is 92.2 Å². The van der Waals surface area contributed by atoms with Crippen LogP contribution in [-0.2, 0) is 9.59 Å². The fraction of sp³-hybridized carbons (Fsp3) is 0.385. The molecular weight excluding hydrogens is 246 g/mol. The van der Waals surface area contributed by atoms with Gasteiger partial charge in [-0.3, -0.25) is 14.9 Å². The van der Waals surface area contributed by atoms with E-state index in [9.17, 15) is 14.7 Å². The number of rotatable bonds is 3. The van der Waals surface area contributed by atoms with Crippen molar-refractivity contribution in [3.63, 3.8) is 0 Å². The van der Waals surface area contributed by atoms with Crippen LogP contribution < -0.4 is 5.32 Å². The zero-order chi connectivity index (χ0) is 13.4. The maximum atomic E-state index is 12.2. The van der Waals surface area contributed by atoms with Crippen LogP contribution in [0, 0.1) is 23.7 Å². The molecule has 2 N–H and O–H groups in total. The number of carboxylic acid groups (broad SMARTS) is 1. The second kappa shape index (κ2) is 4.46. The van der Waals surface area contributed by atoms with Crippen LogP contribution in [0.4, 0.5) is 5.95 Å². The number of hydrogen-bond donors (Lipinski definition) is 2. The van der Waals surface area contributed by atoms with Gasteiger partial charge in [-0.25, -0.2) is 9.97 Å². The van der Waals surface area contributed by atoms with Gasteiger partial charge in [-0.15, -0.1) is 0 Å². The molecule has 6 nitrogen and oxygen atoms in total. The highest BCUT2D eigenvalue weighted by molar-refractivity contribution is 5.95. The molecule has 2 aliphatic rings. The molecule has 0 aromatic carbocycles. The molecule has 4 atom stereocenters. The van der Waals surface area contributed by atoms with Gasteiger partial charge in [-0.2, -0.15) is 0 Å². The predicted molar refractivity (Wildman–Crippen MR) is 66.0 cm³/mol. The number of fused-ring (bicyclic) bond motifs is 2. The summed E-state index contributed by atoms with van der Waals surface area (Å²) >= 11 is 0. The molecule has 0 spiro atoms. The van der Waals surface area contributed by atoms with E-state index < -0.39 is 17.8 Å². The lowest BCUT2D eigenvalue weighted by Crippen LogP contribution is -2.36. The molecule has 1 fully saturated rings. The van der Waals surface area contributed by atoms with E-state index in [-0.39, 0.29) is 23.7 Å². The Morgan fingerprint density at radius 1 is 1.16 bits per heavy atom. The molecule has 4 unspecified atom stereocenters. The van der Waals surface area contributed by atoms with Crippen LogP contribution in [0.5, 0.6) is 0 Å². The van der Waals surface area contributed by atoms with Gasteiger partial charge in [0.1, 0.15) is 0 Å². The Kier molecular flexibility index (Phi) is 2.77. The largest absolute Gasteiger partial charge is 0.481 e. The normalized spacial score (nSPS) is 31.4. The van der Waals surface area contributed by atoms with E-state index in [0.29, 0.717) is 0 Å². The Hall–Kier alpha value is -2.24. The highest BCUT2D eigenvalue weighted by Gasteiger charge is 2.51. The lowest BCUT2D eigenvalue weighted by atomic mass is 9.82. The number of nitrogens with zero attached hydrogens (tertiary/aromatic N) is 2. The third-order valence-corrected chi connectivity index (χ3v) is 3.85. The molecule has 0 aliphatic heterocycles. The first-order valence-electron chi connectivity index (χ1n) is 6.16. The van der Waals surface area contributed by atoms with E-state index in [4.69, 9.17) is 0 Å². The van der Waals surface area contributed by atoms with E-state index in [1.54, 1.807) is 6.07 Å². The number of carbonyl (C=O) groups is 2. The van der Waals surface area contributed by atoms with E-state index >= 15 is 0 Å². The van der Waals surface area contributed by atoms with Gasteiger partial charge in [0.25, 0.3) is 0 Å². The average molecular weight is 259 g/mol. The van der Waals surface area contributed by atoms with E-state index in [1.165, 1.54) is 12.4 Å². The van der Waals surface area contributed by atoms with Crippen molar-refractivity contribution in [2.75, 3.05) is 5.32 Å². The van der Waals surface area contributed by atoms with E-state index in [1.807, 2.05) is 12.2 Å². The van der Waals surface area contributed by atoms with Crippen LogP contribution >= 0.6 is 0 Å². The monoisotopic (exact) mass is 259 g/mol. The van der Waals surface area contributed by atoms with Gasteiger partial charge in [-0.05, 0) is 24.3 Å². The Balaban J connectivity index is 1.79. The number of hydrogen-bond acceptors (Lipinski definition) is 4. The van der Waals surface area contributed by atoms with Crippen LogP contribution in [0.25, 0.3) is 0 Å². The zero-order valence-electron chi connectivity index (χ0n) is 10.1. The predicted octanol–water partition coefficient (Wildman–Crippen LogP) is 0.938. The third-order valence-electron chi connectivity index (χ3n) is 3.85. The van der Waals surface area contributed by atoms with Crippen LogP contribution in [-0.4, -0.2) is 27.0 Å². The number of nitrogens with one attached hydrogen (secondary N) is 1. The average Bonchev–Trinajstić information content (AvgIpc) is 2.99. The number of carboxylic acids is 1. The highest BCUT2D eigenvalue weighted by atomic mass is 16.4. The smallest absolute Gasteiger partial charge is 0.307 e. The van der Waals surface area contributed by atoms with Crippen molar-refractivity contribution in [3.8, 4) is 0 Å². The third kappa shape index (κ3) is 1.99. The summed E-state index contributed by atoms with van der Waals surface area (Å²) in [6, 6.07) is 1.65. The van der Waals surface area contributed by atoms with E-state index in [0.717, 1.165) is 6.42 Å². The fourth-order valence-corrected chi connectivity index (χ4v) is 3.07. The van der Waals surface area contributed by atoms with Gasteiger partial charge in [0.15, 0.2) is 0 Å². The molecule has 2 aliphatic carbocycles. The molecule has 1 heterocycles. The minimum atomic E-state index is -0.911. The van der Waals surface area contributed by atoms with Crippen LogP contribution in [0.3, 0.4) is 0 Å². The molecule has 98 valence electrons. The molecule has 1 amide bonds. The van der Waals surface area contributed by atoms with Crippen LogP contribution in [0.15, 0.2) is 30.6 Å². The van der Waals surface area contributed by atoms with Crippen LogP contribution in [0.2, 0.25) is 0 Å². The lowest BCUT2D eigenvalue weighted by Gasteiger charge is -2.23. The number of allylic oxidation sites excluding steroid dienone is 2. The molecule has 2 bridgehead atoms. The second-order valence-corrected chi connectivity index (χ2v) is 4.90. The first-order chi connectivity index (χ1) is 9.16. The number of carbonyl (C=O) groups excluding carboxylic acids is 1. The summed E-state index contributed by atoms with van der Waals surface area (Å²) in [5.41, 5.74) is 0. The Morgan fingerprint density at radius 2 is 1.79 bits per heavy atom. The summed E-state index contributed by atoms with van der Waals surface area (Å²) in [6.07, 6.45) is 7.65. The molecule has 3 rings (SSSR count). The van der Waals surface area contributed by atoms with Crippen molar-refractivity contribution in [2.24, 2.45) is 23.7 Å². The quantitative estimate of drug-likeness (QED) is 0.788. The summed E-state index contributed by atoms with van der Waals surface area (Å²) in [7, 11) is 0. The lowest BCUT2D eigenvalue weighted by molar-refractivity contribution is -0.146. The number of aliphatic carboxylic acids is 1. The molecule has 1 aromatic rings. The van der Waals surface area contributed by atoms with Crippen molar-refractivity contribution in [1.29, 1.82) is 0 Å². The van der Waals surface area contributed by atoms with Gasteiger partial charge < -0.3 is 5.11 Å². The van der Waals surface area contributed by atoms with Gasteiger partial charge in [0.2, 0.25) is 11.9 Å². The van der Waals surface area contributed by atoms with Crippen molar-refractivity contribution in [1.82, 2.24) is 9.97 Å². The van der Waals surface area contributed by atoms with Crippen molar-refractivity contribution in [3.05, 3.63) is 30.6 Å². The molecular formula is C13H13N3O3. The first-order valence-corrected chi connectivity index (χ1v) is 6.16. The summed E-state index contributed by atoms with van der Waals surface area (Å²) in [6.45, 7) is 0. The summed E-state index contributed by atoms with van der Waals surface area (Å²) in [5.74, 6) is -2.20. The maximum Gasteiger partial charge on any atom is 0.307 e. The summed E-state index contributed by atoms with van der Waals surface area (Å²) < 4.78 is 0. The molecule has 6 heteroatoms. The van der Waals surface area contributed by atoms with Gasteiger partial charge in [0.05, 0.1) is 11.8 Å². The fourth-order valence-electron chi connectivity index (χ4n) is 3.07. The van der Waals surface area contributed by atoms with Crippen molar-refractivity contribution >= 4 is 17.8 Å². The van der Waals surface area contributed by atoms with Crippen LogP contribution in [0.1, 0.15) is 6.42 Å². The van der Waals surface area contributed by atoms with Gasteiger partial charge >= 0.3 is 5.97 Å². The van der Waals surface area contributed by atoms with Gasteiger partial charge in [0, 0.05) is 12.4 Å². The zero-order valence-corrected chi connectivity index (χ0v) is 10.1. The summed E-state index contributed by atoms with van der Waals surface area (Å²) in [5, 5.41) is 11.9. The first kappa shape index (κ1) is 11.8. The number of anilines is 1. The Bertz CT molecular complexity index is 543. The van der Waals surface area contributed by atoms with Crippen molar-refractivity contribution < 1.29 is 14.7 Å². The molecule has 0 saturated heterocycles. The minimum Gasteiger partial charge on any atom is -0.481 e. The Labute approximate surface area is 109 Å². The van der Waals surface area contributed by atoms with Crippen molar-refractivity contribution in [2.45, 2.75) is 6.42 Å². The molecule has 1 aromatic heterocycles. The standard InChI is InChI=1S/C13H13N3O3/c17-11(16-13-14-4-1-5-15-13)9-7-2-3-8(6-7)10(9)12(18)19/h1-5,7-10H,6H2,(H,18,19)(H,14,15,16,17).